The predicted molar refractivity (Wildman–Crippen MR) is 70.5 cm³/mol. The average Bonchev–Trinajstić information content (AvgIpc) is 2.30. The average molecular weight is 223 g/mol. The third-order valence-electron chi connectivity index (χ3n) is 5.41. The standard InChI is InChI=1S/C15H29N/c1-4-14-11-16-9-8-15(14)7-5-6-13(10-15)12(2)3/h12-14,16H,4-11H2,1-3H3. The van der Waals surface area contributed by atoms with Crippen LogP contribution in [0.25, 0.3) is 0 Å². The minimum absolute atomic E-state index is 0.715. The van der Waals surface area contributed by atoms with Crippen molar-refractivity contribution in [1.82, 2.24) is 5.32 Å². The molecular weight excluding hydrogens is 194 g/mol. The van der Waals surface area contributed by atoms with Gasteiger partial charge in [0.15, 0.2) is 0 Å². The molecule has 1 saturated carbocycles. The van der Waals surface area contributed by atoms with Crippen molar-refractivity contribution in [2.24, 2.45) is 23.2 Å². The molecule has 0 aromatic carbocycles. The number of hydrogen-bond donors (Lipinski definition) is 1. The monoisotopic (exact) mass is 223 g/mol. The first kappa shape index (κ1) is 12.4. The van der Waals surface area contributed by atoms with Crippen molar-refractivity contribution in [3.63, 3.8) is 0 Å². The smallest absolute Gasteiger partial charge is 0.00153 e. The molecule has 1 heterocycles. The molecule has 1 nitrogen and oxygen atoms in total. The molecule has 3 atom stereocenters. The Hall–Kier alpha value is -0.0400. The summed E-state index contributed by atoms with van der Waals surface area (Å²) in [6.45, 7) is 9.78. The number of hydrogen-bond acceptors (Lipinski definition) is 1. The van der Waals surface area contributed by atoms with Crippen LogP contribution >= 0.6 is 0 Å². The quantitative estimate of drug-likeness (QED) is 0.750. The Morgan fingerprint density at radius 1 is 1.31 bits per heavy atom. The van der Waals surface area contributed by atoms with E-state index in [0.717, 1.165) is 17.8 Å². The third-order valence-corrected chi connectivity index (χ3v) is 5.41. The molecule has 0 bridgehead atoms. The van der Waals surface area contributed by atoms with Crippen LogP contribution in [0.1, 0.15) is 59.3 Å². The summed E-state index contributed by atoms with van der Waals surface area (Å²) in [5.74, 6) is 2.84. The second-order valence-electron chi connectivity index (χ2n) is 6.52. The fraction of sp³-hybridized carbons (Fsp3) is 1.00. The van der Waals surface area contributed by atoms with Gasteiger partial charge >= 0.3 is 0 Å². The summed E-state index contributed by atoms with van der Waals surface area (Å²) in [5.41, 5.74) is 0.715. The zero-order valence-corrected chi connectivity index (χ0v) is 11.4. The van der Waals surface area contributed by atoms with Crippen molar-refractivity contribution in [3.8, 4) is 0 Å². The van der Waals surface area contributed by atoms with E-state index in [1.165, 1.54) is 51.6 Å². The molecule has 0 aromatic rings. The maximum absolute atomic E-state index is 3.60. The van der Waals surface area contributed by atoms with Crippen LogP contribution in [-0.2, 0) is 0 Å². The lowest BCUT2D eigenvalue weighted by Crippen LogP contribution is -2.47. The van der Waals surface area contributed by atoms with E-state index < -0.39 is 0 Å². The molecule has 0 radical (unpaired) electrons. The molecule has 3 unspecified atom stereocenters. The van der Waals surface area contributed by atoms with Crippen LogP contribution < -0.4 is 5.32 Å². The van der Waals surface area contributed by atoms with Gasteiger partial charge in [0, 0.05) is 0 Å². The first-order chi connectivity index (χ1) is 7.68. The number of rotatable bonds is 2. The van der Waals surface area contributed by atoms with Gasteiger partial charge in [-0.3, -0.25) is 0 Å². The van der Waals surface area contributed by atoms with E-state index in [4.69, 9.17) is 0 Å². The van der Waals surface area contributed by atoms with Crippen LogP contribution in [0.5, 0.6) is 0 Å². The molecule has 0 amide bonds. The Kier molecular flexibility index (Phi) is 3.94. The van der Waals surface area contributed by atoms with E-state index >= 15 is 0 Å². The zero-order chi connectivity index (χ0) is 11.6. The Labute approximate surface area is 101 Å². The summed E-state index contributed by atoms with van der Waals surface area (Å²) in [6.07, 6.45) is 8.82. The summed E-state index contributed by atoms with van der Waals surface area (Å²) in [4.78, 5) is 0. The van der Waals surface area contributed by atoms with Crippen LogP contribution in [0.3, 0.4) is 0 Å². The fourth-order valence-electron chi connectivity index (χ4n) is 4.22. The first-order valence-electron chi connectivity index (χ1n) is 7.38. The van der Waals surface area contributed by atoms with E-state index in [0.29, 0.717) is 5.41 Å². The molecule has 0 aromatic heterocycles. The molecular formula is C15H29N. The highest BCUT2D eigenvalue weighted by atomic mass is 14.9. The van der Waals surface area contributed by atoms with Crippen LogP contribution in [0.4, 0.5) is 0 Å². The lowest BCUT2D eigenvalue weighted by Gasteiger charge is -2.50. The summed E-state index contributed by atoms with van der Waals surface area (Å²) in [5, 5.41) is 3.60. The Bertz CT molecular complexity index is 219. The summed E-state index contributed by atoms with van der Waals surface area (Å²) in [7, 11) is 0. The van der Waals surface area contributed by atoms with Gasteiger partial charge in [-0.05, 0) is 55.5 Å². The second-order valence-corrected chi connectivity index (χ2v) is 6.52. The fourth-order valence-corrected chi connectivity index (χ4v) is 4.22. The van der Waals surface area contributed by atoms with Gasteiger partial charge in [0.25, 0.3) is 0 Å². The molecule has 1 aliphatic heterocycles. The first-order valence-corrected chi connectivity index (χ1v) is 7.38. The molecule has 1 saturated heterocycles. The van der Waals surface area contributed by atoms with Gasteiger partial charge in [-0.2, -0.15) is 0 Å². The summed E-state index contributed by atoms with van der Waals surface area (Å²) >= 11 is 0. The molecule has 1 aliphatic carbocycles. The zero-order valence-electron chi connectivity index (χ0n) is 11.4. The van der Waals surface area contributed by atoms with E-state index in [9.17, 15) is 0 Å². The van der Waals surface area contributed by atoms with Crippen molar-refractivity contribution in [3.05, 3.63) is 0 Å². The molecule has 1 heteroatoms. The van der Waals surface area contributed by atoms with Gasteiger partial charge in [0.2, 0.25) is 0 Å². The maximum atomic E-state index is 3.60. The summed E-state index contributed by atoms with van der Waals surface area (Å²) in [6, 6.07) is 0. The van der Waals surface area contributed by atoms with Crippen molar-refractivity contribution >= 4 is 0 Å². The topological polar surface area (TPSA) is 12.0 Å². The molecule has 2 fully saturated rings. The van der Waals surface area contributed by atoms with Gasteiger partial charge in [-0.25, -0.2) is 0 Å². The summed E-state index contributed by atoms with van der Waals surface area (Å²) < 4.78 is 0. The molecule has 1 N–H and O–H groups in total. The van der Waals surface area contributed by atoms with Gasteiger partial charge in [0.1, 0.15) is 0 Å². The van der Waals surface area contributed by atoms with Crippen LogP contribution in [0.2, 0.25) is 0 Å². The van der Waals surface area contributed by atoms with Crippen molar-refractivity contribution in [2.45, 2.75) is 59.3 Å². The molecule has 2 rings (SSSR count). The SMILES string of the molecule is CCC1CNCCC12CCCC(C(C)C)C2. The van der Waals surface area contributed by atoms with Crippen LogP contribution in [-0.4, -0.2) is 13.1 Å². The molecule has 1 spiro atoms. The Morgan fingerprint density at radius 2 is 2.12 bits per heavy atom. The third kappa shape index (κ3) is 2.30. The van der Waals surface area contributed by atoms with E-state index in [1.54, 1.807) is 0 Å². The number of nitrogens with one attached hydrogen (secondary N) is 1. The second kappa shape index (κ2) is 5.08. The van der Waals surface area contributed by atoms with Crippen molar-refractivity contribution in [2.75, 3.05) is 13.1 Å². The van der Waals surface area contributed by atoms with Gasteiger partial charge in [-0.15, -0.1) is 0 Å². The normalized spacial score (nSPS) is 40.5. The lowest BCUT2D eigenvalue weighted by atomic mass is 9.58. The maximum Gasteiger partial charge on any atom is -0.00153 e. The highest BCUT2D eigenvalue weighted by Gasteiger charge is 2.43. The molecule has 2 aliphatic rings. The van der Waals surface area contributed by atoms with E-state index in [1.807, 2.05) is 0 Å². The van der Waals surface area contributed by atoms with Gasteiger partial charge in [0.05, 0.1) is 0 Å². The van der Waals surface area contributed by atoms with Crippen molar-refractivity contribution in [1.29, 1.82) is 0 Å². The Balaban J connectivity index is 2.09. The highest BCUT2D eigenvalue weighted by Crippen LogP contribution is 2.51. The minimum Gasteiger partial charge on any atom is -0.316 e. The minimum atomic E-state index is 0.715. The van der Waals surface area contributed by atoms with E-state index in [2.05, 4.69) is 26.1 Å². The van der Waals surface area contributed by atoms with Crippen LogP contribution in [0, 0.1) is 23.2 Å². The molecule has 16 heavy (non-hydrogen) atoms. The van der Waals surface area contributed by atoms with Crippen molar-refractivity contribution < 1.29 is 0 Å². The van der Waals surface area contributed by atoms with Gasteiger partial charge in [-0.1, -0.05) is 40.0 Å². The van der Waals surface area contributed by atoms with Crippen LogP contribution in [0.15, 0.2) is 0 Å². The largest absolute Gasteiger partial charge is 0.316 e. The number of piperidine rings is 1. The van der Waals surface area contributed by atoms with Gasteiger partial charge < -0.3 is 5.32 Å². The van der Waals surface area contributed by atoms with E-state index in [-0.39, 0.29) is 0 Å². The predicted octanol–water partition coefficient (Wildman–Crippen LogP) is 3.84. The molecule has 94 valence electrons. The highest BCUT2D eigenvalue weighted by molar-refractivity contribution is 4.95. The Morgan fingerprint density at radius 3 is 2.81 bits per heavy atom. The lowest BCUT2D eigenvalue weighted by molar-refractivity contribution is 0.0187.